The first-order valence-electron chi connectivity index (χ1n) is 8.53. The van der Waals surface area contributed by atoms with Crippen LogP contribution in [0.3, 0.4) is 0 Å². The van der Waals surface area contributed by atoms with Crippen molar-refractivity contribution in [1.29, 1.82) is 0 Å². The van der Waals surface area contributed by atoms with Crippen molar-refractivity contribution in [3.8, 4) is 11.4 Å². The number of nitrogens with one attached hydrogen (secondary N) is 1. The zero-order chi connectivity index (χ0) is 18.4. The Balaban J connectivity index is 1.50. The molecular weight excluding hydrogens is 344 g/mol. The third-order valence-corrected chi connectivity index (χ3v) is 5.08. The van der Waals surface area contributed by atoms with Crippen molar-refractivity contribution in [2.45, 2.75) is 18.5 Å². The molecule has 1 aromatic heterocycles. The quantitative estimate of drug-likeness (QED) is 0.652. The first kappa shape index (κ1) is 18.2. The Morgan fingerprint density at radius 2 is 1.81 bits per heavy atom. The van der Waals surface area contributed by atoms with E-state index in [2.05, 4.69) is 46.7 Å². The molecule has 0 aliphatic heterocycles. The highest BCUT2D eigenvalue weighted by atomic mass is 32.2. The fourth-order valence-electron chi connectivity index (χ4n) is 2.57. The van der Waals surface area contributed by atoms with E-state index < -0.39 is 0 Å². The lowest BCUT2D eigenvalue weighted by Crippen LogP contribution is -2.27. The molecule has 3 aromatic rings. The van der Waals surface area contributed by atoms with Gasteiger partial charge in [0.25, 0.3) is 0 Å². The fraction of sp³-hybridized carbons (Fsp3) is 0.250. The standard InChI is InChI=1S/C20H22N4OS/c1-15-8-10-17(11-9-15)19-22-23-20(24(19)2)26-14-18(25)21-13-12-16-6-4-3-5-7-16/h3-11H,12-14H2,1-2H3,(H,21,25). The molecule has 1 amide bonds. The molecule has 3 rings (SSSR count). The number of amides is 1. The minimum atomic E-state index is 0.00539. The molecule has 1 heterocycles. The van der Waals surface area contributed by atoms with Crippen molar-refractivity contribution in [1.82, 2.24) is 20.1 Å². The third kappa shape index (κ3) is 4.73. The molecule has 0 atom stereocenters. The number of hydrogen-bond acceptors (Lipinski definition) is 4. The summed E-state index contributed by atoms with van der Waals surface area (Å²) in [6, 6.07) is 18.3. The smallest absolute Gasteiger partial charge is 0.230 e. The van der Waals surface area contributed by atoms with Gasteiger partial charge in [0.2, 0.25) is 5.91 Å². The average molecular weight is 366 g/mol. The van der Waals surface area contributed by atoms with Crippen LogP contribution >= 0.6 is 11.8 Å². The minimum Gasteiger partial charge on any atom is -0.355 e. The van der Waals surface area contributed by atoms with Crippen LogP contribution in [0.15, 0.2) is 59.8 Å². The maximum absolute atomic E-state index is 12.0. The first-order chi connectivity index (χ1) is 12.6. The lowest BCUT2D eigenvalue weighted by atomic mass is 10.1. The van der Waals surface area contributed by atoms with Gasteiger partial charge in [0.05, 0.1) is 5.75 Å². The molecule has 5 nitrogen and oxygen atoms in total. The molecular formula is C20H22N4OS. The molecule has 6 heteroatoms. The van der Waals surface area contributed by atoms with E-state index in [4.69, 9.17) is 0 Å². The van der Waals surface area contributed by atoms with Crippen LogP contribution in [0.25, 0.3) is 11.4 Å². The first-order valence-corrected chi connectivity index (χ1v) is 9.52. The molecule has 1 N–H and O–H groups in total. The highest BCUT2D eigenvalue weighted by Gasteiger charge is 2.12. The largest absolute Gasteiger partial charge is 0.355 e. The Morgan fingerprint density at radius 1 is 1.08 bits per heavy atom. The van der Waals surface area contributed by atoms with Crippen molar-refractivity contribution in [2.75, 3.05) is 12.3 Å². The van der Waals surface area contributed by atoms with Crippen LogP contribution in [0.5, 0.6) is 0 Å². The molecule has 0 saturated heterocycles. The molecule has 2 aromatic carbocycles. The molecule has 0 unspecified atom stereocenters. The van der Waals surface area contributed by atoms with E-state index in [1.165, 1.54) is 22.9 Å². The number of nitrogens with zero attached hydrogens (tertiary/aromatic N) is 3. The Bertz CT molecular complexity index is 859. The molecule has 0 aliphatic rings. The summed E-state index contributed by atoms with van der Waals surface area (Å²) < 4.78 is 1.92. The molecule has 0 fully saturated rings. The monoisotopic (exact) mass is 366 g/mol. The van der Waals surface area contributed by atoms with E-state index in [-0.39, 0.29) is 5.91 Å². The van der Waals surface area contributed by atoms with Crippen LogP contribution in [0, 0.1) is 6.92 Å². The Hall–Kier alpha value is -2.60. The maximum atomic E-state index is 12.0. The van der Waals surface area contributed by atoms with Gasteiger partial charge in [0.15, 0.2) is 11.0 Å². The van der Waals surface area contributed by atoms with E-state index in [0.29, 0.717) is 12.3 Å². The van der Waals surface area contributed by atoms with Gasteiger partial charge >= 0.3 is 0 Å². The summed E-state index contributed by atoms with van der Waals surface area (Å²) in [4.78, 5) is 12.0. The molecule has 0 aliphatic carbocycles. The maximum Gasteiger partial charge on any atom is 0.230 e. The van der Waals surface area contributed by atoms with Gasteiger partial charge in [0, 0.05) is 19.2 Å². The normalized spacial score (nSPS) is 10.7. The second-order valence-corrected chi connectivity index (χ2v) is 7.05. The number of hydrogen-bond donors (Lipinski definition) is 1. The van der Waals surface area contributed by atoms with Crippen LogP contribution in [0.2, 0.25) is 0 Å². The average Bonchev–Trinajstić information content (AvgIpc) is 3.02. The second-order valence-electron chi connectivity index (χ2n) is 6.11. The number of carbonyl (C=O) groups excluding carboxylic acids is 1. The van der Waals surface area contributed by atoms with Crippen LogP contribution < -0.4 is 5.32 Å². The number of aromatic nitrogens is 3. The van der Waals surface area contributed by atoms with Gasteiger partial charge in [-0.1, -0.05) is 71.9 Å². The van der Waals surface area contributed by atoms with Crippen molar-refractivity contribution >= 4 is 17.7 Å². The number of carbonyl (C=O) groups is 1. The molecule has 0 bridgehead atoms. The highest BCUT2D eigenvalue weighted by molar-refractivity contribution is 7.99. The topological polar surface area (TPSA) is 59.8 Å². The molecule has 0 radical (unpaired) electrons. The van der Waals surface area contributed by atoms with Crippen LogP contribution in [-0.4, -0.2) is 33.0 Å². The Kier molecular flexibility index (Phi) is 6.07. The molecule has 0 saturated carbocycles. The van der Waals surface area contributed by atoms with Crippen molar-refractivity contribution in [2.24, 2.45) is 7.05 Å². The fourth-order valence-corrected chi connectivity index (χ4v) is 3.31. The van der Waals surface area contributed by atoms with Crippen molar-refractivity contribution < 1.29 is 4.79 Å². The van der Waals surface area contributed by atoms with E-state index in [1.54, 1.807) is 0 Å². The number of aryl methyl sites for hydroxylation is 1. The third-order valence-electron chi connectivity index (χ3n) is 4.06. The summed E-state index contributed by atoms with van der Waals surface area (Å²) in [6.07, 6.45) is 0.832. The van der Waals surface area contributed by atoms with E-state index in [9.17, 15) is 4.79 Å². The van der Waals surface area contributed by atoms with Crippen LogP contribution in [0.4, 0.5) is 0 Å². The summed E-state index contributed by atoms with van der Waals surface area (Å²) in [5, 5.41) is 12.1. The van der Waals surface area contributed by atoms with E-state index >= 15 is 0 Å². The number of benzene rings is 2. The van der Waals surface area contributed by atoms with Crippen LogP contribution in [-0.2, 0) is 18.3 Å². The Labute approximate surface area is 157 Å². The predicted octanol–water partition coefficient (Wildman–Crippen LogP) is 3.24. The SMILES string of the molecule is Cc1ccc(-c2nnc(SCC(=O)NCCc3ccccc3)n2C)cc1. The predicted molar refractivity (Wildman–Crippen MR) is 105 cm³/mol. The zero-order valence-corrected chi connectivity index (χ0v) is 15.8. The second kappa shape index (κ2) is 8.67. The number of thioether (sulfide) groups is 1. The van der Waals surface area contributed by atoms with Gasteiger partial charge in [0.1, 0.15) is 0 Å². The summed E-state index contributed by atoms with van der Waals surface area (Å²) in [5.41, 5.74) is 3.44. The summed E-state index contributed by atoms with van der Waals surface area (Å²) in [6.45, 7) is 2.69. The molecule has 0 spiro atoms. The summed E-state index contributed by atoms with van der Waals surface area (Å²) in [7, 11) is 1.92. The van der Waals surface area contributed by atoms with Crippen LogP contribution in [0.1, 0.15) is 11.1 Å². The lowest BCUT2D eigenvalue weighted by molar-refractivity contribution is -0.118. The van der Waals surface area contributed by atoms with Crippen molar-refractivity contribution in [3.05, 3.63) is 65.7 Å². The van der Waals surface area contributed by atoms with E-state index in [0.717, 1.165) is 23.0 Å². The van der Waals surface area contributed by atoms with E-state index in [1.807, 2.05) is 41.9 Å². The molecule has 26 heavy (non-hydrogen) atoms. The minimum absolute atomic E-state index is 0.00539. The summed E-state index contributed by atoms with van der Waals surface area (Å²) >= 11 is 1.40. The van der Waals surface area contributed by atoms with Gasteiger partial charge < -0.3 is 9.88 Å². The summed E-state index contributed by atoms with van der Waals surface area (Å²) in [5.74, 6) is 1.14. The number of rotatable bonds is 7. The van der Waals surface area contributed by atoms with Gasteiger partial charge in [-0.25, -0.2) is 0 Å². The van der Waals surface area contributed by atoms with Gasteiger partial charge in [-0.05, 0) is 18.9 Å². The Morgan fingerprint density at radius 3 is 2.54 bits per heavy atom. The van der Waals surface area contributed by atoms with Gasteiger partial charge in [-0.3, -0.25) is 4.79 Å². The lowest BCUT2D eigenvalue weighted by Gasteiger charge is -2.06. The highest BCUT2D eigenvalue weighted by Crippen LogP contribution is 2.22. The zero-order valence-electron chi connectivity index (χ0n) is 15.0. The van der Waals surface area contributed by atoms with Crippen molar-refractivity contribution in [3.63, 3.8) is 0 Å². The molecule has 134 valence electrons. The van der Waals surface area contributed by atoms with Gasteiger partial charge in [-0.2, -0.15) is 0 Å². The van der Waals surface area contributed by atoms with Gasteiger partial charge in [-0.15, -0.1) is 10.2 Å².